The fraction of sp³-hybridized carbons (Fsp3) is 0.655. The molecule has 1 heterocycles. The third kappa shape index (κ3) is 3.65. The summed E-state index contributed by atoms with van der Waals surface area (Å²) in [5, 5.41) is 3.37. The highest BCUT2D eigenvalue weighted by Gasteiger charge is 2.62. The van der Waals surface area contributed by atoms with E-state index in [2.05, 4.69) is 56.4 Å². The van der Waals surface area contributed by atoms with E-state index in [4.69, 9.17) is 0 Å². The highest BCUT2D eigenvalue weighted by atomic mass is 16.2. The molecule has 3 unspecified atom stereocenters. The molecule has 33 heavy (non-hydrogen) atoms. The number of amides is 2. The molecular weight excluding hydrogens is 408 g/mol. The molecule has 178 valence electrons. The fourth-order valence-corrected chi connectivity index (χ4v) is 8.48. The van der Waals surface area contributed by atoms with E-state index in [0.717, 1.165) is 19.3 Å². The van der Waals surface area contributed by atoms with Crippen LogP contribution in [0.25, 0.3) is 0 Å². The van der Waals surface area contributed by atoms with Gasteiger partial charge in [-0.1, -0.05) is 63.6 Å². The summed E-state index contributed by atoms with van der Waals surface area (Å²) in [6.07, 6.45) is 11.0. The van der Waals surface area contributed by atoms with Gasteiger partial charge in [0, 0.05) is 31.0 Å². The number of nitrogens with one attached hydrogen (secondary N) is 1. The maximum atomic E-state index is 13.9. The van der Waals surface area contributed by atoms with E-state index in [9.17, 15) is 9.59 Å². The molecule has 4 aliphatic rings. The molecule has 5 rings (SSSR count). The molecule has 1 aromatic carbocycles. The minimum Gasteiger partial charge on any atom is -0.355 e. The average Bonchev–Trinajstić information content (AvgIpc) is 3.21. The van der Waals surface area contributed by atoms with Crippen molar-refractivity contribution in [3.05, 3.63) is 48.0 Å². The van der Waals surface area contributed by atoms with Gasteiger partial charge in [0.15, 0.2) is 0 Å². The van der Waals surface area contributed by atoms with Crippen LogP contribution in [0, 0.1) is 34.5 Å². The third-order valence-corrected chi connectivity index (χ3v) is 10.2. The second-order valence-electron chi connectivity index (χ2n) is 12.0. The van der Waals surface area contributed by atoms with Gasteiger partial charge in [0.25, 0.3) is 0 Å². The first kappa shape index (κ1) is 22.7. The summed E-state index contributed by atoms with van der Waals surface area (Å²) in [6.45, 7) is 7.65. The molecule has 0 radical (unpaired) electrons. The van der Waals surface area contributed by atoms with Gasteiger partial charge in [-0.15, -0.1) is 0 Å². The number of likely N-dealkylation sites (N-methyl/N-ethyl adjacent to an activating group) is 1. The lowest BCUT2D eigenvalue weighted by Crippen LogP contribution is -2.63. The lowest BCUT2D eigenvalue weighted by molar-refractivity contribution is -0.154. The highest BCUT2D eigenvalue weighted by Crippen LogP contribution is 2.65. The van der Waals surface area contributed by atoms with Crippen LogP contribution in [0.1, 0.15) is 70.8 Å². The Hall–Kier alpha value is -2.10. The summed E-state index contributed by atoms with van der Waals surface area (Å²) >= 11 is 0. The maximum Gasteiger partial charge on any atom is 0.246 e. The Morgan fingerprint density at radius 1 is 1.18 bits per heavy atom. The van der Waals surface area contributed by atoms with Crippen molar-refractivity contribution in [1.29, 1.82) is 0 Å². The number of hydrogen-bond donors (Lipinski definition) is 1. The first-order valence-electron chi connectivity index (χ1n) is 13.0. The predicted molar refractivity (Wildman–Crippen MR) is 131 cm³/mol. The molecule has 2 amide bonds. The van der Waals surface area contributed by atoms with E-state index in [1.807, 2.05) is 18.0 Å². The van der Waals surface area contributed by atoms with Gasteiger partial charge in [0.2, 0.25) is 11.8 Å². The molecule has 4 nitrogen and oxygen atoms in total. The van der Waals surface area contributed by atoms with Crippen molar-refractivity contribution in [2.75, 3.05) is 13.6 Å². The molecule has 1 aliphatic heterocycles. The first-order chi connectivity index (χ1) is 15.7. The van der Waals surface area contributed by atoms with E-state index in [1.54, 1.807) is 6.08 Å². The van der Waals surface area contributed by atoms with E-state index >= 15 is 0 Å². The zero-order chi connectivity index (χ0) is 23.4. The van der Waals surface area contributed by atoms with Crippen LogP contribution in [0.2, 0.25) is 0 Å². The summed E-state index contributed by atoms with van der Waals surface area (Å²) in [7, 11) is 1.95. The standard InChI is InChI=1S/C29H40N2O2/c1-19(20-9-6-5-7-10-20)18-30-27(33)22-17-28(2)15-8-11-23(28)21-12-13-24-29(3,26(21)22)16-14-25(32)31(24)4/h5-7,9-10,14,16,19,21-24,26H,8,11-13,15,17-18H2,1-4H3,(H,30,33)/t19?,21-,22?,23-,24?,26-,28-,29-/m0/s1. The Kier molecular flexibility index (Phi) is 5.69. The SMILES string of the molecule is CC(CNC(=O)C1C[C@]2(C)CCC[C@H]2[C@@H]2CCC3N(C)C(=O)C=C[C@]3(C)[C@H]12)c1ccccc1. The Morgan fingerprint density at radius 2 is 1.94 bits per heavy atom. The van der Waals surface area contributed by atoms with Crippen molar-refractivity contribution in [2.45, 2.75) is 71.3 Å². The number of carbonyl (C=O) groups excluding carboxylic acids is 2. The van der Waals surface area contributed by atoms with Crippen LogP contribution in [-0.4, -0.2) is 36.3 Å². The van der Waals surface area contributed by atoms with Crippen LogP contribution >= 0.6 is 0 Å². The summed E-state index contributed by atoms with van der Waals surface area (Å²) < 4.78 is 0. The molecule has 1 N–H and O–H groups in total. The van der Waals surface area contributed by atoms with Gasteiger partial charge in [-0.05, 0) is 72.8 Å². The van der Waals surface area contributed by atoms with E-state index in [0.29, 0.717) is 24.3 Å². The quantitative estimate of drug-likeness (QED) is 0.691. The summed E-state index contributed by atoms with van der Waals surface area (Å²) in [4.78, 5) is 28.3. The molecule has 0 spiro atoms. The van der Waals surface area contributed by atoms with Crippen LogP contribution in [-0.2, 0) is 9.59 Å². The fourth-order valence-electron chi connectivity index (χ4n) is 8.48. The van der Waals surface area contributed by atoms with Crippen molar-refractivity contribution in [3.63, 3.8) is 0 Å². The second kappa shape index (κ2) is 8.29. The second-order valence-corrected chi connectivity index (χ2v) is 12.0. The lowest BCUT2D eigenvalue weighted by atomic mass is 9.45. The zero-order valence-corrected chi connectivity index (χ0v) is 20.7. The molecule has 1 aromatic rings. The molecular formula is C29H40N2O2. The molecule has 0 aromatic heterocycles. The van der Waals surface area contributed by atoms with Crippen molar-refractivity contribution in [3.8, 4) is 0 Å². The minimum atomic E-state index is -0.136. The number of fused-ring (bicyclic) bond motifs is 5. The lowest BCUT2D eigenvalue weighted by Gasteiger charge is -2.61. The van der Waals surface area contributed by atoms with Gasteiger partial charge in [-0.25, -0.2) is 0 Å². The zero-order valence-electron chi connectivity index (χ0n) is 20.7. The Balaban J connectivity index is 1.44. The Bertz CT molecular complexity index is 942. The van der Waals surface area contributed by atoms with Gasteiger partial charge < -0.3 is 10.2 Å². The van der Waals surface area contributed by atoms with Crippen LogP contribution in [0.15, 0.2) is 42.5 Å². The van der Waals surface area contributed by atoms with Crippen LogP contribution in [0.3, 0.4) is 0 Å². The normalized spacial score (nSPS) is 40.5. The van der Waals surface area contributed by atoms with Gasteiger partial charge in [0.1, 0.15) is 0 Å². The average molecular weight is 449 g/mol. The van der Waals surface area contributed by atoms with Gasteiger partial charge >= 0.3 is 0 Å². The van der Waals surface area contributed by atoms with Gasteiger partial charge in [-0.2, -0.15) is 0 Å². The number of nitrogens with zero attached hydrogens (tertiary/aromatic N) is 1. The van der Waals surface area contributed by atoms with Crippen molar-refractivity contribution >= 4 is 11.8 Å². The summed E-state index contributed by atoms with van der Waals surface area (Å²) in [6, 6.07) is 10.7. The molecule has 8 atom stereocenters. The molecule has 4 heteroatoms. The largest absolute Gasteiger partial charge is 0.355 e. The monoisotopic (exact) mass is 448 g/mol. The van der Waals surface area contributed by atoms with Crippen molar-refractivity contribution < 1.29 is 9.59 Å². The predicted octanol–water partition coefficient (Wildman–Crippen LogP) is 5.16. The van der Waals surface area contributed by atoms with Crippen LogP contribution < -0.4 is 5.32 Å². The smallest absolute Gasteiger partial charge is 0.246 e. The summed E-state index contributed by atoms with van der Waals surface area (Å²) in [5.74, 6) is 2.22. The first-order valence-corrected chi connectivity index (χ1v) is 13.0. The van der Waals surface area contributed by atoms with E-state index in [1.165, 1.54) is 24.8 Å². The number of hydrogen-bond acceptors (Lipinski definition) is 2. The molecule has 0 saturated heterocycles. The van der Waals surface area contributed by atoms with Crippen LogP contribution in [0.4, 0.5) is 0 Å². The molecule has 3 aliphatic carbocycles. The number of benzene rings is 1. The van der Waals surface area contributed by atoms with Crippen molar-refractivity contribution in [1.82, 2.24) is 10.2 Å². The minimum absolute atomic E-state index is 0.0105. The topological polar surface area (TPSA) is 49.4 Å². The molecule has 0 bridgehead atoms. The van der Waals surface area contributed by atoms with Crippen LogP contribution in [0.5, 0.6) is 0 Å². The number of rotatable bonds is 4. The van der Waals surface area contributed by atoms with Crippen molar-refractivity contribution in [2.24, 2.45) is 34.5 Å². The van der Waals surface area contributed by atoms with Gasteiger partial charge in [0.05, 0.1) is 0 Å². The van der Waals surface area contributed by atoms with E-state index in [-0.39, 0.29) is 40.5 Å². The Morgan fingerprint density at radius 3 is 2.70 bits per heavy atom. The maximum absolute atomic E-state index is 13.9. The third-order valence-electron chi connectivity index (χ3n) is 10.2. The van der Waals surface area contributed by atoms with Gasteiger partial charge in [-0.3, -0.25) is 9.59 Å². The summed E-state index contributed by atoms with van der Waals surface area (Å²) in [5.41, 5.74) is 1.40. The number of carbonyl (C=O) groups is 2. The molecule has 3 fully saturated rings. The highest BCUT2D eigenvalue weighted by molar-refractivity contribution is 5.89. The Labute approximate surface area is 199 Å². The van der Waals surface area contributed by atoms with E-state index < -0.39 is 0 Å². The molecule has 3 saturated carbocycles.